The van der Waals surface area contributed by atoms with Crippen molar-refractivity contribution in [1.82, 2.24) is 20.2 Å². The first-order valence-electron chi connectivity index (χ1n) is 8.11. The fourth-order valence-electron chi connectivity index (χ4n) is 4.02. The number of nitrogens with zero attached hydrogens (tertiary/aromatic N) is 3. The van der Waals surface area contributed by atoms with E-state index in [1.807, 2.05) is 11.0 Å². The number of fused-ring (bicyclic) bond motifs is 1. The van der Waals surface area contributed by atoms with Gasteiger partial charge in [0.1, 0.15) is 6.33 Å². The summed E-state index contributed by atoms with van der Waals surface area (Å²) in [6, 6.07) is 2.56. The molecule has 2 unspecified atom stereocenters. The molecule has 2 aliphatic carbocycles. The number of urea groups is 1. The quantitative estimate of drug-likeness (QED) is 0.906. The van der Waals surface area contributed by atoms with Gasteiger partial charge in [0.2, 0.25) is 0 Å². The Morgan fingerprint density at radius 1 is 1.19 bits per heavy atom. The largest absolute Gasteiger partial charge is 0.335 e. The Hall–Kier alpha value is -1.65. The van der Waals surface area contributed by atoms with Crippen molar-refractivity contribution in [2.45, 2.75) is 44.1 Å². The lowest BCUT2D eigenvalue weighted by Gasteiger charge is -2.32. The summed E-state index contributed by atoms with van der Waals surface area (Å²) in [5.41, 5.74) is 1.11. The molecule has 2 saturated carbocycles. The lowest BCUT2D eigenvalue weighted by atomic mass is 9.93. The van der Waals surface area contributed by atoms with E-state index in [2.05, 4.69) is 15.3 Å². The monoisotopic (exact) mass is 286 g/mol. The van der Waals surface area contributed by atoms with Crippen LogP contribution in [0.15, 0.2) is 18.6 Å². The van der Waals surface area contributed by atoms with E-state index in [1.54, 1.807) is 12.5 Å². The third kappa shape index (κ3) is 2.74. The van der Waals surface area contributed by atoms with E-state index < -0.39 is 0 Å². The van der Waals surface area contributed by atoms with E-state index in [0.717, 1.165) is 43.5 Å². The number of nitrogens with one attached hydrogen (secondary N) is 1. The minimum absolute atomic E-state index is 0.141. The molecule has 1 aromatic heterocycles. The van der Waals surface area contributed by atoms with Crippen molar-refractivity contribution in [3.8, 4) is 0 Å². The maximum atomic E-state index is 12.3. The third-order valence-electron chi connectivity index (χ3n) is 5.38. The maximum absolute atomic E-state index is 12.3. The molecule has 0 aromatic carbocycles. The smallest absolute Gasteiger partial charge is 0.317 e. The fourth-order valence-corrected chi connectivity index (χ4v) is 4.02. The summed E-state index contributed by atoms with van der Waals surface area (Å²) in [6.45, 7) is 1.67. The number of amides is 2. The lowest BCUT2D eigenvalue weighted by Crippen LogP contribution is -2.47. The second-order valence-electron chi connectivity index (χ2n) is 6.77. The van der Waals surface area contributed by atoms with Crippen molar-refractivity contribution in [3.05, 3.63) is 24.3 Å². The molecule has 1 saturated heterocycles. The van der Waals surface area contributed by atoms with Crippen molar-refractivity contribution < 1.29 is 4.79 Å². The van der Waals surface area contributed by atoms with E-state index in [-0.39, 0.29) is 6.03 Å². The molecule has 21 heavy (non-hydrogen) atoms. The average Bonchev–Trinajstić information content (AvgIpc) is 3.15. The van der Waals surface area contributed by atoms with Gasteiger partial charge in [-0.25, -0.2) is 14.8 Å². The summed E-state index contributed by atoms with van der Waals surface area (Å²) >= 11 is 0. The molecule has 3 fully saturated rings. The summed E-state index contributed by atoms with van der Waals surface area (Å²) in [7, 11) is 0. The first kappa shape index (κ1) is 13.0. The van der Waals surface area contributed by atoms with Gasteiger partial charge in [-0.3, -0.25) is 0 Å². The standard InChI is InChI=1S/C16H22N4O/c21-16(19-14-8-12-7-13(12)9-14)20-5-2-11(3-6-20)15-1-4-17-10-18-15/h1,4,10-14H,2-3,5-9H2,(H,19,21). The van der Waals surface area contributed by atoms with Gasteiger partial charge in [0.05, 0.1) is 0 Å². The number of piperidine rings is 1. The van der Waals surface area contributed by atoms with Crippen LogP contribution in [-0.2, 0) is 0 Å². The number of likely N-dealkylation sites (tertiary alicyclic amines) is 1. The molecule has 1 aromatic rings. The van der Waals surface area contributed by atoms with Crippen LogP contribution in [0.3, 0.4) is 0 Å². The molecular formula is C16H22N4O. The van der Waals surface area contributed by atoms with Crippen LogP contribution < -0.4 is 5.32 Å². The zero-order chi connectivity index (χ0) is 14.2. The highest BCUT2D eigenvalue weighted by Gasteiger charge is 2.46. The molecule has 1 N–H and O–H groups in total. The number of hydrogen-bond acceptors (Lipinski definition) is 3. The number of hydrogen-bond donors (Lipinski definition) is 1. The van der Waals surface area contributed by atoms with E-state index in [9.17, 15) is 4.79 Å². The van der Waals surface area contributed by atoms with Crippen molar-refractivity contribution in [3.63, 3.8) is 0 Å². The van der Waals surface area contributed by atoms with Gasteiger partial charge < -0.3 is 10.2 Å². The highest BCUT2D eigenvalue weighted by Crippen LogP contribution is 2.51. The van der Waals surface area contributed by atoms with Crippen molar-refractivity contribution >= 4 is 6.03 Å². The van der Waals surface area contributed by atoms with Crippen molar-refractivity contribution in [1.29, 1.82) is 0 Å². The number of rotatable bonds is 2. The molecule has 0 radical (unpaired) electrons. The molecule has 2 heterocycles. The molecule has 2 atom stereocenters. The molecule has 0 bridgehead atoms. The molecule has 5 nitrogen and oxygen atoms in total. The third-order valence-corrected chi connectivity index (χ3v) is 5.38. The normalized spacial score (nSPS) is 31.8. The Labute approximate surface area is 125 Å². The van der Waals surface area contributed by atoms with Crippen LogP contribution in [0.5, 0.6) is 0 Å². The van der Waals surface area contributed by atoms with E-state index >= 15 is 0 Å². The topological polar surface area (TPSA) is 58.1 Å². The van der Waals surface area contributed by atoms with Gasteiger partial charge in [-0.2, -0.15) is 0 Å². The molecule has 5 heteroatoms. The van der Waals surface area contributed by atoms with Gasteiger partial charge in [-0.15, -0.1) is 0 Å². The zero-order valence-corrected chi connectivity index (χ0v) is 12.2. The number of aromatic nitrogens is 2. The summed E-state index contributed by atoms with van der Waals surface area (Å²) in [5, 5.41) is 3.23. The Balaban J connectivity index is 1.27. The lowest BCUT2D eigenvalue weighted by molar-refractivity contribution is 0.176. The molecule has 3 aliphatic rings. The Morgan fingerprint density at radius 2 is 1.95 bits per heavy atom. The van der Waals surface area contributed by atoms with Crippen molar-refractivity contribution in [2.24, 2.45) is 11.8 Å². The number of carbonyl (C=O) groups excluding carboxylic acids is 1. The summed E-state index contributed by atoms with van der Waals surface area (Å²) in [5.74, 6) is 2.30. The second-order valence-corrected chi connectivity index (χ2v) is 6.77. The van der Waals surface area contributed by atoms with Crippen LogP contribution in [0.2, 0.25) is 0 Å². The highest BCUT2D eigenvalue weighted by molar-refractivity contribution is 5.74. The van der Waals surface area contributed by atoms with Gasteiger partial charge in [0, 0.05) is 36.9 Å². The van der Waals surface area contributed by atoms with Gasteiger partial charge in [-0.05, 0) is 50.0 Å². The first-order valence-corrected chi connectivity index (χ1v) is 8.11. The minimum atomic E-state index is 0.141. The summed E-state index contributed by atoms with van der Waals surface area (Å²) in [4.78, 5) is 22.6. The molecule has 0 spiro atoms. The number of carbonyl (C=O) groups is 1. The van der Waals surface area contributed by atoms with E-state index in [0.29, 0.717) is 12.0 Å². The van der Waals surface area contributed by atoms with Crippen LogP contribution in [0, 0.1) is 11.8 Å². The molecule has 4 rings (SSSR count). The second kappa shape index (κ2) is 5.28. The van der Waals surface area contributed by atoms with Crippen LogP contribution in [0.1, 0.15) is 43.7 Å². The van der Waals surface area contributed by atoms with Crippen LogP contribution in [-0.4, -0.2) is 40.0 Å². The minimum Gasteiger partial charge on any atom is -0.335 e. The van der Waals surface area contributed by atoms with Gasteiger partial charge in [0.25, 0.3) is 0 Å². The van der Waals surface area contributed by atoms with Gasteiger partial charge in [-0.1, -0.05) is 0 Å². The van der Waals surface area contributed by atoms with Crippen molar-refractivity contribution in [2.75, 3.05) is 13.1 Å². The Kier molecular flexibility index (Phi) is 3.28. The van der Waals surface area contributed by atoms with Crippen LogP contribution >= 0.6 is 0 Å². The van der Waals surface area contributed by atoms with Gasteiger partial charge >= 0.3 is 6.03 Å². The average molecular weight is 286 g/mol. The highest BCUT2D eigenvalue weighted by atomic mass is 16.2. The van der Waals surface area contributed by atoms with E-state index in [1.165, 1.54) is 19.3 Å². The SMILES string of the molecule is O=C(NC1CC2CC2C1)N1CCC(c2ccncn2)CC1. The first-order chi connectivity index (χ1) is 10.3. The maximum Gasteiger partial charge on any atom is 0.317 e. The Bertz CT molecular complexity index is 502. The van der Waals surface area contributed by atoms with E-state index in [4.69, 9.17) is 0 Å². The fraction of sp³-hybridized carbons (Fsp3) is 0.688. The predicted molar refractivity (Wildman–Crippen MR) is 78.7 cm³/mol. The molecule has 112 valence electrons. The predicted octanol–water partition coefficient (Wildman–Crippen LogP) is 2.16. The zero-order valence-electron chi connectivity index (χ0n) is 12.2. The van der Waals surface area contributed by atoms with Crippen LogP contribution in [0.25, 0.3) is 0 Å². The Morgan fingerprint density at radius 3 is 2.62 bits per heavy atom. The summed E-state index contributed by atoms with van der Waals surface area (Å²) in [6.07, 6.45) is 9.21. The molecular weight excluding hydrogens is 264 g/mol. The van der Waals surface area contributed by atoms with Crippen LogP contribution in [0.4, 0.5) is 4.79 Å². The van der Waals surface area contributed by atoms with Gasteiger partial charge in [0.15, 0.2) is 0 Å². The molecule has 1 aliphatic heterocycles. The molecule has 2 amide bonds. The summed E-state index contributed by atoms with van der Waals surface area (Å²) < 4.78 is 0.